The van der Waals surface area contributed by atoms with Crippen LogP contribution in [0.1, 0.15) is 30.6 Å². The highest BCUT2D eigenvalue weighted by Gasteiger charge is 2.30. The zero-order valence-electron chi connectivity index (χ0n) is 13.7. The minimum absolute atomic E-state index is 0. The Labute approximate surface area is 169 Å². The number of halogens is 3. The number of carbonyl (C=O) groups is 1. The van der Waals surface area contributed by atoms with Crippen LogP contribution in [0.5, 0.6) is 0 Å². The van der Waals surface area contributed by atoms with Crippen molar-refractivity contribution in [3.05, 3.63) is 20.8 Å². The standard InChI is InChI=1S/C16H24BrN3OS.2ClH/c17-15-5-4-14(22-15)11-19-6-8-20(9-7-19)16(21)12-2-1-3-13(18)10-12;;/h4-5,12-13H,1-3,6-11,18H2;2*1H. The number of rotatable bonds is 3. The summed E-state index contributed by atoms with van der Waals surface area (Å²) in [4.78, 5) is 18.5. The largest absolute Gasteiger partial charge is 0.340 e. The molecule has 1 aromatic heterocycles. The van der Waals surface area contributed by atoms with Crippen LogP contribution in [0.4, 0.5) is 0 Å². The van der Waals surface area contributed by atoms with Crippen LogP contribution in [-0.4, -0.2) is 47.9 Å². The molecule has 0 radical (unpaired) electrons. The fraction of sp³-hybridized carbons (Fsp3) is 0.688. The molecule has 2 heterocycles. The van der Waals surface area contributed by atoms with Gasteiger partial charge in [0.2, 0.25) is 5.91 Å². The lowest BCUT2D eigenvalue weighted by Gasteiger charge is -2.37. The predicted molar refractivity (Wildman–Crippen MR) is 108 cm³/mol. The molecule has 1 saturated heterocycles. The van der Waals surface area contributed by atoms with Crippen LogP contribution in [0.15, 0.2) is 15.9 Å². The van der Waals surface area contributed by atoms with Crippen LogP contribution in [0.3, 0.4) is 0 Å². The normalized spacial score (nSPS) is 24.8. The molecule has 4 nitrogen and oxygen atoms in total. The lowest BCUT2D eigenvalue weighted by molar-refractivity contribution is -0.138. The molecule has 2 fully saturated rings. The van der Waals surface area contributed by atoms with E-state index in [1.165, 1.54) is 8.66 Å². The van der Waals surface area contributed by atoms with E-state index in [-0.39, 0.29) is 36.8 Å². The van der Waals surface area contributed by atoms with Gasteiger partial charge in [-0.05, 0) is 47.3 Å². The number of hydrogen-bond donors (Lipinski definition) is 1. The Hall–Kier alpha value is 0.150. The van der Waals surface area contributed by atoms with Crippen LogP contribution in [0.2, 0.25) is 0 Å². The van der Waals surface area contributed by atoms with Crippen molar-refractivity contribution in [1.29, 1.82) is 0 Å². The first kappa shape index (κ1) is 22.2. The van der Waals surface area contributed by atoms with Crippen molar-refractivity contribution in [3.8, 4) is 0 Å². The first-order valence-electron chi connectivity index (χ1n) is 8.13. The van der Waals surface area contributed by atoms with Crippen molar-refractivity contribution in [2.75, 3.05) is 26.2 Å². The van der Waals surface area contributed by atoms with Gasteiger partial charge in [-0.1, -0.05) is 6.42 Å². The summed E-state index contributed by atoms with van der Waals surface area (Å²) in [7, 11) is 0. The molecule has 2 N–H and O–H groups in total. The monoisotopic (exact) mass is 457 g/mol. The molecule has 1 saturated carbocycles. The first-order chi connectivity index (χ1) is 10.6. The number of amides is 1. The zero-order chi connectivity index (χ0) is 15.5. The van der Waals surface area contributed by atoms with Crippen molar-refractivity contribution in [2.24, 2.45) is 11.7 Å². The SMILES string of the molecule is Cl.Cl.NC1CCCC(C(=O)N2CCN(Cc3ccc(Br)s3)CC2)C1. The molecule has 1 aliphatic carbocycles. The highest BCUT2D eigenvalue weighted by molar-refractivity contribution is 9.11. The van der Waals surface area contributed by atoms with E-state index in [1.54, 1.807) is 11.3 Å². The van der Waals surface area contributed by atoms with Crippen molar-refractivity contribution < 1.29 is 4.79 Å². The molecule has 138 valence electrons. The molecule has 0 aromatic carbocycles. The van der Waals surface area contributed by atoms with Crippen LogP contribution in [0, 0.1) is 5.92 Å². The summed E-state index contributed by atoms with van der Waals surface area (Å²) in [5.74, 6) is 0.511. The van der Waals surface area contributed by atoms with Crippen LogP contribution >= 0.6 is 52.1 Å². The molecule has 1 aliphatic heterocycles. The smallest absolute Gasteiger partial charge is 0.225 e. The molecule has 0 spiro atoms. The van der Waals surface area contributed by atoms with Gasteiger partial charge in [-0.2, -0.15) is 0 Å². The van der Waals surface area contributed by atoms with Crippen molar-refractivity contribution in [1.82, 2.24) is 9.80 Å². The van der Waals surface area contributed by atoms with Gasteiger partial charge >= 0.3 is 0 Å². The Balaban J connectivity index is 0.00000144. The van der Waals surface area contributed by atoms with E-state index in [4.69, 9.17) is 5.73 Å². The minimum atomic E-state index is 0. The van der Waals surface area contributed by atoms with Crippen molar-refractivity contribution >= 4 is 58.0 Å². The average Bonchev–Trinajstić information content (AvgIpc) is 2.92. The van der Waals surface area contributed by atoms with Gasteiger partial charge in [-0.15, -0.1) is 36.2 Å². The Morgan fingerprint density at radius 3 is 2.50 bits per heavy atom. The Morgan fingerprint density at radius 1 is 1.21 bits per heavy atom. The quantitative estimate of drug-likeness (QED) is 0.753. The summed E-state index contributed by atoms with van der Waals surface area (Å²) in [6.45, 7) is 4.65. The van der Waals surface area contributed by atoms with Gasteiger partial charge in [-0.3, -0.25) is 9.69 Å². The lowest BCUT2D eigenvalue weighted by atomic mass is 9.85. The molecule has 8 heteroatoms. The Morgan fingerprint density at radius 2 is 1.92 bits per heavy atom. The van der Waals surface area contributed by atoms with Crippen molar-refractivity contribution in [2.45, 2.75) is 38.3 Å². The number of thiophene rings is 1. The third-order valence-corrected chi connectivity index (χ3v) is 6.36. The summed E-state index contributed by atoms with van der Waals surface area (Å²) in [6, 6.07) is 4.50. The van der Waals surface area contributed by atoms with Gasteiger partial charge in [0.05, 0.1) is 3.79 Å². The third kappa shape index (κ3) is 5.85. The Kier molecular flexibility index (Phi) is 9.56. The third-order valence-electron chi connectivity index (χ3n) is 4.76. The number of nitrogens with zero attached hydrogens (tertiary/aromatic N) is 2. The average molecular weight is 459 g/mol. The molecular weight excluding hydrogens is 433 g/mol. The molecule has 2 unspecified atom stereocenters. The summed E-state index contributed by atoms with van der Waals surface area (Å²) >= 11 is 5.30. The van der Waals surface area contributed by atoms with Gasteiger partial charge < -0.3 is 10.6 Å². The number of hydrogen-bond acceptors (Lipinski definition) is 4. The second kappa shape index (κ2) is 10.3. The van der Waals surface area contributed by atoms with Gasteiger partial charge in [0.15, 0.2) is 0 Å². The topological polar surface area (TPSA) is 49.6 Å². The Bertz CT molecular complexity index is 523. The second-order valence-electron chi connectivity index (χ2n) is 6.43. The number of carbonyl (C=O) groups excluding carboxylic acids is 1. The minimum Gasteiger partial charge on any atom is -0.340 e. The molecule has 24 heavy (non-hydrogen) atoms. The highest BCUT2D eigenvalue weighted by Crippen LogP contribution is 2.26. The maximum absolute atomic E-state index is 12.6. The number of piperazine rings is 1. The van der Waals surface area contributed by atoms with E-state index in [0.29, 0.717) is 5.91 Å². The molecule has 1 aromatic rings. The van der Waals surface area contributed by atoms with E-state index in [2.05, 4.69) is 37.9 Å². The number of nitrogens with two attached hydrogens (primary N) is 1. The molecule has 2 atom stereocenters. The first-order valence-corrected chi connectivity index (χ1v) is 9.73. The van der Waals surface area contributed by atoms with Crippen molar-refractivity contribution in [3.63, 3.8) is 0 Å². The molecule has 2 aliphatic rings. The predicted octanol–water partition coefficient (Wildman–Crippen LogP) is 3.52. The van der Waals surface area contributed by atoms with Gasteiger partial charge in [0.1, 0.15) is 0 Å². The van der Waals surface area contributed by atoms with Crippen LogP contribution < -0.4 is 5.73 Å². The molecule has 1 amide bonds. The van der Waals surface area contributed by atoms with E-state index < -0.39 is 0 Å². The van der Waals surface area contributed by atoms with Gasteiger partial charge in [-0.25, -0.2) is 0 Å². The summed E-state index contributed by atoms with van der Waals surface area (Å²) < 4.78 is 1.19. The van der Waals surface area contributed by atoms with Crippen LogP contribution in [0.25, 0.3) is 0 Å². The van der Waals surface area contributed by atoms with E-state index in [9.17, 15) is 4.79 Å². The zero-order valence-corrected chi connectivity index (χ0v) is 17.7. The van der Waals surface area contributed by atoms with E-state index in [0.717, 1.165) is 58.4 Å². The lowest BCUT2D eigenvalue weighted by Crippen LogP contribution is -2.50. The van der Waals surface area contributed by atoms with Crippen LogP contribution in [-0.2, 0) is 11.3 Å². The molecule has 3 rings (SSSR count). The van der Waals surface area contributed by atoms with E-state index >= 15 is 0 Å². The maximum atomic E-state index is 12.6. The van der Waals surface area contributed by atoms with E-state index in [1.807, 2.05) is 0 Å². The summed E-state index contributed by atoms with van der Waals surface area (Å²) in [6.07, 6.45) is 4.08. The van der Waals surface area contributed by atoms with Gasteiger partial charge in [0, 0.05) is 49.6 Å². The summed E-state index contributed by atoms with van der Waals surface area (Å²) in [5, 5.41) is 0. The van der Waals surface area contributed by atoms with Gasteiger partial charge in [0.25, 0.3) is 0 Å². The fourth-order valence-electron chi connectivity index (χ4n) is 3.49. The highest BCUT2D eigenvalue weighted by atomic mass is 79.9. The fourth-order valence-corrected chi connectivity index (χ4v) is 5.02. The molecule has 0 bridgehead atoms. The second-order valence-corrected chi connectivity index (χ2v) is 8.98. The molecular formula is C16H26BrCl2N3OS. The maximum Gasteiger partial charge on any atom is 0.225 e. The summed E-state index contributed by atoms with van der Waals surface area (Å²) in [5.41, 5.74) is 6.02.